The summed E-state index contributed by atoms with van der Waals surface area (Å²) in [6.45, 7) is 4.09. The first-order chi connectivity index (χ1) is 9.77. The van der Waals surface area contributed by atoms with Crippen molar-refractivity contribution in [1.82, 2.24) is 4.57 Å². The van der Waals surface area contributed by atoms with Crippen LogP contribution < -0.4 is 0 Å². The molecule has 5 heteroatoms. The van der Waals surface area contributed by atoms with Crippen LogP contribution >= 0.6 is 0 Å². The van der Waals surface area contributed by atoms with Gasteiger partial charge in [-0.05, 0) is 23.8 Å². The number of halogens is 3. The van der Waals surface area contributed by atoms with Gasteiger partial charge in [0.25, 0.3) is 0 Å². The molecule has 0 fully saturated rings. The fourth-order valence-corrected chi connectivity index (χ4v) is 2.03. The maximum Gasteiger partial charge on any atom is 0.416 e. The highest BCUT2D eigenvalue weighted by Crippen LogP contribution is 2.29. The van der Waals surface area contributed by atoms with Crippen LogP contribution in [-0.4, -0.2) is 10.4 Å². The Bertz CT molecular complexity index is 624. The SMILES string of the molecule is CC(C)C(=O)c1ccn(Cc2ccc(C(F)(F)F)cc2)c1. The molecule has 1 aromatic carbocycles. The number of Topliss-reactive ketones (excluding diaryl/α,β-unsaturated/α-hetero) is 1. The van der Waals surface area contributed by atoms with E-state index in [0.29, 0.717) is 12.1 Å². The van der Waals surface area contributed by atoms with Gasteiger partial charge in [-0.15, -0.1) is 0 Å². The van der Waals surface area contributed by atoms with E-state index >= 15 is 0 Å². The molecule has 0 aliphatic heterocycles. The molecular weight excluding hydrogens is 279 g/mol. The molecule has 2 rings (SSSR count). The number of ketones is 1. The minimum atomic E-state index is -4.32. The Kier molecular flexibility index (Phi) is 4.21. The average molecular weight is 295 g/mol. The Balaban J connectivity index is 2.10. The lowest BCUT2D eigenvalue weighted by Gasteiger charge is -2.08. The predicted octanol–water partition coefficient (Wildman–Crippen LogP) is 4.39. The quantitative estimate of drug-likeness (QED) is 0.767. The van der Waals surface area contributed by atoms with Crippen molar-refractivity contribution in [2.75, 3.05) is 0 Å². The monoisotopic (exact) mass is 295 g/mol. The first-order valence-electron chi connectivity index (χ1n) is 6.63. The van der Waals surface area contributed by atoms with Crippen molar-refractivity contribution in [1.29, 1.82) is 0 Å². The van der Waals surface area contributed by atoms with Crippen molar-refractivity contribution in [2.24, 2.45) is 5.92 Å². The molecule has 1 aromatic heterocycles. The van der Waals surface area contributed by atoms with E-state index in [1.807, 2.05) is 13.8 Å². The van der Waals surface area contributed by atoms with Crippen LogP contribution in [0.5, 0.6) is 0 Å². The van der Waals surface area contributed by atoms with Crippen LogP contribution in [0.15, 0.2) is 42.7 Å². The second-order valence-electron chi connectivity index (χ2n) is 5.29. The Morgan fingerprint density at radius 3 is 2.29 bits per heavy atom. The largest absolute Gasteiger partial charge is 0.416 e. The second kappa shape index (κ2) is 5.76. The smallest absolute Gasteiger partial charge is 0.349 e. The third-order valence-electron chi connectivity index (χ3n) is 3.21. The molecule has 0 saturated carbocycles. The normalized spacial score (nSPS) is 11.9. The molecule has 0 spiro atoms. The van der Waals surface area contributed by atoms with Crippen LogP contribution in [0.25, 0.3) is 0 Å². The number of benzene rings is 1. The fourth-order valence-electron chi connectivity index (χ4n) is 2.03. The molecule has 21 heavy (non-hydrogen) atoms. The Labute approximate surface area is 121 Å². The van der Waals surface area contributed by atoms with Crippen molar-refractivity contribution >= 4 is 5.78 Å². The molecule has 0 N–H and O–H groups in total. The number of carbonyl (C=O) groups is 1. The molecule has 0 amide bonds. The molecule has 0 atom stereocenters. The van der Waals surface area contributed by atoms with E-state index in [-0.39, 0.29) is 11.7 Å². The highest BCUT2D eigenvalue weighted by molar-refractivity contribution is 5.97. The highest BCUT2D eigenvalue weighted by Gasteiger charge is 2.29. The molecule has 0 radical (unpaired) electrons. The number of alkyl halides is 3. The van der Waals surface area contributed by atoms with Gasteiger partial charge in [0.05, 0.1) is 5.56 Å². The summed E-state index contributed by atoms with van der Waals surface area (Å²) < 4.78 is 39.2. The zero-order valence-electron chi connectivity index (χ0n) is 11.8. The van der Waals surface area contributed by atoms with Gasteiger partial charge in [0.1, 0.15) is 0 Å². The molecule has 1 heterocycles. The van der Waals surface area contributed by atoms with Crippen LogP contribution in [0, 0.1) is 5.92 Å². The summed E-state index contributed by atoms with van der Waals surface area (Å²) in [5.41, 5.74) is 0.716. The lowest BCUT2D eigenvalue weighted by molar-refractivity contribution is -0.137. The van der Waals surface area contributed by atoms with Crippen LogP contribution in [0.1, 0.15) is 35.3 Å². The maximum absolute atomic E-state index is 12.5. The Morgan fingerprint density at radius 2 is 1.76 bits per heavy atom. The lowest BCUT2D eigenvalue weighted by atomic mass is 10.0. The number of hydrogen-bond donors (Lipinski definition) is 0. The van der Waals surface area contributed by atoms with Crippen molar-refractivity contribution in [3.8, 4) is 0 Å². The Morgan fingerprint density at radius 1 is 1.14 bits per heavy atom. The molecular formula is C16H16F3NO. The van der Waals surface area contributed by atoms with Gasteiger partial charge in [0, 0.05) is 30.4 Å². The summed E-state index contributed by atoms with van der Waals surface area (Å²) >= 11 is 0. The van der Waals surface area contributed by atoms with Crippen LogP contribution in [0.4, 0.5) is 13.2 Å². The number of aromatic nitrogens is 1. The fraction of sp³-hybridized carbons (Fsp3) is 0.312. The van der Waals surface area contributed by atoms with Gasteiger partial charge in [-0.2, -0.15) is 13.2 Å². The molecule has 0 aliphatic carbocycles. The van der Waals surface area contributed by atoms with E-state index in [0.717, 1.165) is 17.7 Å². The number of carbonyl (C=O) groups excluding carboxylic acids is 1. The zero-order chi connectivity index (χ0) is 15.6. The van der Waals surface area contributed by atoms with Crippen LogP contribution in [0.3, 0.4) is 0 Å². The maximum atomic E-state index is 12.5. The van der Waals surface area contributed by atoms with Crippen molar-refractivity contribution < 1.29 is 18.0 Å². The zero-order valence-corrected chi connectivity index (χ0v) is 11.8. The van der Waals surface area contributed by atoms with Gasteiger partial charge in [-0.1, -0.05) is 26.0 Å². The van der Waals surface area contributed by atoms with Crippen molar-refractivity contribution in [3.05, 3.63) is 59.4 Å². The van der Waals surface area contributed by atoms with Crippen molar-refractivity contribution in [2.45, 2.75) is 26.6 Å². The Hall–Kier alpha value is -2.04. The molecule has 0 saturated heterocycles. The summed E-state index contributed by atoms with van der Waals surface area (Å²) in [6.07, 6.45) is -0.837. The summed E-state index contributed by atoms with van der Waals surface area (Å²) in [5.74, 6) is -0.0203. The predicted molar refractivity (Wildman–Crippen MR) is 74.1 cm³/mol. The van der Waals surface area contributed by atoms with Gasteiger partial charge in [-0.25, -0.2) is 0 Å². The molecule has 2 aromatic rings. The second-order valence-corrected chi connectivity index (χ2v) is 5.29. The number of rotatable bonds is 4. The first-order valence-corrected chi connectivity index (χ1v) is 6.63. The topological polar surface area (TPSA) is 22.0 Å². The van der Waals surface area contributed by atoms with Gasteiger partial charge in [0.2, 0.25) is 0 Å². The van der Waals surface area contributed by atoms with E-state index in [1.165, 1.54) is 12.1 Å². The van der Waals surface area contributed by atoms with E-state index < -0.39 is 11.7 Å². The minimum absolute atomic E-state index is 0.0566. The van der Waals surface area contributed by atoms with E-state index in [9.17, 15) is 18.0 Å². The third-order valence-corrected chi connectivity index (χ3v) is 3.21. The van der Waals surface area contributed by atoms with E-state index in [1.54, 1.807) is 23.0 Å². The molecule has 0 aliphatic rings. The molecule has 0 unspecified atom stereocenters. The lowest BCUT2D eigenvalue weighted by Crippen LogP contribution is -2.07. The van der Waals surface area contributed by atoms with Gasteiger partial charge in [-0.3, -0.25) is 4.79 Å². The van der Waals surface area contributed by atoms with E-state index in [2.05, 4.69) is 0 Å². The number of nitrogens with zero attached hydrogens (tertiary/aromatic N) is 1. The molecule has 112 valence electrons. The standard InChI is InChI=1S/C16H16F3NO/c1-11(2)15(21)13-7-8-20(10-13)9-12-3-5-14(6-4-12)16(17,18)19/h3-8,10-11H,9H2,1-2H3. The van der Waals surface area contributed by atoms with Gasteiger partial charge >= 0.3 is 6.18 Å². The van der Waals surface area contributed by atoms with Crippen molar-refractivity contribution in [3.63, 3.8) is 0 Å². The van der Waals surface area contributed by atoms with Crippen LogP contribution in [-0.2, 0) is 12.7 Å². The van der Waals surface area contributed by atoms with Crippen LogP contribution in [0.2, 0.25) is 0 Å². The average Bonchev–Trinajstić information content (AvgIpc) is 2.85. The summed E-state index contributed by atoms with van der Waals surface area (Å²) in [7, 11) is 0. The summed E-state index contributed by atoms with van der Waals surface area (Å²) in [5, 5.41) is 0. The molecule has 2 nitrogen and oxygen atoms in total. The summed E-state index contributed by atoms with van der Waals surface area (Å²) in [4.78, 5) is 11.8. The van der Waals surface area contributed by atoms with Gasteiger partial charge in [0.15, 0.2) is 5.78 Å². The first kappa shape index (κ1) is 15.4. The molecule has 0 bridgehead atoms. The summed E-state index contributed by atoms with van der Waals surface area (Å²) in [6, 6.07) is 6.77. The van der Waals surface area contributed by atoms with E-state index in [4.69, 9.17) is 0 Å². The number of hydrogen-bond acceptors (Lipinski definition) is 1. The third kappa shape index (κ3) is 3.74. The van der Waals surface area contributed by atoms with Gasteiger partial charge < -0.3 is 4.57 Å². The minimum Gasteiger partial charge on any atom is -0.349 e. The highest BCUT2D eigenvalue weighted by atomic mass is 19.4.